The van der Waals surface area contributed by atoms with Crippen LogP contribution in [0.25, 0.3) is 11.1 Å². The van der Waals surface area contributed by atoms with Crippen molar-refractivity contribution in [2.45, 2.75) is 25.6 Å². The molecule has 1 fully saturated rings. The van der Waals surface area contributed by atoms with Crippen LogP contribution in [0.4, 0.5) is 13.2 Å². The Balaban J connectivity index is 1.64. The molecular weight excluding hydrogens is 351 g/mol. The van der Waals surface area contributed by atoms with Gasteiger partial charge in [0, 0.05) is 23.1 Å². The molecule has 27 heavy (non-hydrogen) atoms. The second-order valence-electron chi connectivity index (χ2n) is 7.31. The molecule has 0 N–H and O–H groups in total. The second kappa shape index (κ2) is 6.87. The summed E-state index contributed by atoms with van der Waals surface area (Å²) in [5.41, 5.74) is 0.729. The Labute approximate surface area is 156 Å². The van der Waals surface area contributed by atoms with Crippen LogP contribution >= 0.6 is 0 Å². The molecule has 1 aliphatic heterocycles. The SMILES string of the molecule is C[C@H]1[C@@H](F)CN(C(=O)C2C=C2)[C@H]1Cc1cccc(-c2ccccc2F)c1F. The quantitative estimate of drug-likeness (QED) is 0.723. The van der Waals surface area contributed by atoms with E-state index in [0.717, 1.165) is 0 Å². The van der Waals surface area contributed by atoms with E-state index < -0.39 is 23.8 Å². The van der Waals surface area contributed by atoms with Crippen LogP contribution in [-0.2, 0) is 11.2 Å². The number of likely N-dealkylation sites (tertiary alicyclic amines) is 1. The molecule has 2 aromatic rings. The predicted molar refractivity (Wildman–Crippen MR) is 97.7 cm³/mol. The van der Waals surface area contributed by atoms with E-state index in [-0.39, 0.29) is 41.8 Å². The largest absolute Gasteiger partial charge is 0.335 e. The molecule has 0 bridgehead atoms. The van der Waals surface area contributed by atoms with E-state index in [1.165, 1.54) is 23.1 Å². The summed E-state index contributed by atoms with van der Waals surface area (Å²) in [6.45, 7) is 1.79. The molecule has 1 saturated heterocycles. The highest BCUT2D eigenvalue weighted by atomic mass is 19.1. The maximum absolute atomic E-state index is 15.1. The molecule has 0 saturated carbocycles. The molecule has 0 unspecified atom stereocenters. The molecule has 1 aliphatic carbocycles. The average Bonchev–Trinajstić information content (AvgIpc) is 3.46. The number of halogens is 3. The molecule has 140 valence electrons. The Morgan fingerprint density at radius 1 is 1.07 bits per heavy atom. The maximum atomic E-state index is 15.1. The van der Waals surface area contributed by atoms with E-state index >= 15 is 4.39 Å². The zero-order chi connectivity index (χ0) is 19.1. The molecule has 2 nitrogen and oxygen atoms in total. The minimum Gasteiger partial charge on any atom is -0.335 e. The van der Waals surface area contributed by atoms with Crippen LogP contribution in [0, 0.1) is 23.5 Å². The highest BCUT2D eigenvalue weighted by Crippen LogP contribution is 2.35. The van der Waals surface area contributed by atoms with Crippen LogP contribution in [0.1, 0.15) is 12.5 Å². The van der Waals surface area contributed by atoms with Crippen molar-refractivity contribution in [1.29, 1.82) is 0 Å². The molecule has 3 atom stereocenters. The van der Waals surface area contributed by atoms with Crippen molar-refractivity contribution in [1.82, 2.24) is 4.90 Å². The first kappa shape index (κ1) is 17.8. The number of amides is 1. The first-order chi connectivity index (χ1) is 13.0. The van der Waals surface area contributed by atoms with Crippen molar-refractivity contribution in [3.63, 3.8) is 0 Å². The van der Waals surface area contributed by atoms with E-state index in [2.05, 4.69) is 0 Å². The molecule has 1 amide bonds. The van der Waals surface area contributed by atoms with Gasteiger partial charge in [-0.15, -0.1) is 0 Å². The number of alkyl halides is 1. The molecule has 5 heteroatoms. The predicted octanol–water partition coefficient (Wildman–Crippen LogP) is 4.55. The Morgan fingerprint density at radius 3 is 2.48 bits per heavy atom. The van der Waals surface area contributed by atoms with Crippen LogP contribution in [-0.4, -0.2) is 29.6 Å². The molecule has 4 rings (SSSR count). The van der Waals surface area contributed by atoms with E-state index in [1.54, 1.807) is 43.3 Å². The van der Waals surface area contributed by atoms with E-state index in [0.29, 0.717) is 5.56 Å². The van der Waals surface area contributed by atoms with Gasteiger partial charge in [-0.3, -0.25) is 4.79 Å². The van der Waals surface area contributed by atoms with Crippen LogP contribution in [0.5, 0.6) is 0 Å². The van der Waals surface area contributed by atoms with Gasteiger partial charge in [0.25, 0.3) is 0 Å². The first-order valence-corrected chi connectivity index (χ1v) is 9.12. The lowest BCUT2D eigenvalue weighted by Crippen LogP contribution is -2.40. The van der Waals surface area contributed by atoms with Gasteiger partial charge in [0.05, 0.1) is 12.5 Å². The van der Waals surface area contributed by atoms with Crippen LogP contribution in [0.2, 0.25) is 0 Å². The summed E-state index contributed by atoms with van der Waals surface area (Å²) < 4.78 is 43.5. The Hall–Kier alpha value is -2.56. The third-order valence-electron chi connectivity index (χ3n) is 5.57. The molecule has 0 spiro atoms. The smallest absolute Gasteiger partial charge is 0.233 e. The molecule has 0 radical (unpaired) electrons. The van der Waals surface area contributed by atoms with Gasteiger partial charge in [0.15, 0.2) is 0 Å². The van der Waals surface area contributed by atoms with Gasteiger partial charge in [-0.2, -0.15) is 0 Å². The lowest BCUT2D eigenvalue weighted by atomic mass is 9.92. The summed E-state index contributed by atoms with van der Waals surface area (Å²) in [7, 11) is 0. The van der Waals surface area contributed by atoms with E-state index in [1.807, 2.05) is 0 Å². The lowest BCUT2D eigenvalue weighted by molar-refractivity contribution is -0.133. The fourth-order valence-electron chi connectivity index (χ4n) is 3.83. The van der Waals surface area contributed by atoms with Crippen molar-refractivity contribution < 1.29 is 18.0 Å². The molecule has 1 heterocycles. The minimum atomic E-state index is -1.13. The van der Waals surface area contributed by atoms with E-state index in [4.69, 9.17) is 0 Å². The third-order valence-corrected chi connectivity index (χ3v) is 5.57. The summed E-state index contributed by atoms with van der Waals surface area (Å²) >= 11 is 0. The zero-order valence-electron chi connectivity index (χ0n) is 14.9. The summed E-state index contributed by atoms with van der Waals surface area (Å²) in [5, 5.41) is 0. The number of hydrogen-bond donors (Lipinski definition) is 0. The fraction of sp³-hybridized carbons (Fsp3) is 0.318. The number of nitrogens with zero attached hydrogens (tertiary/aromatic N) is 1. The van der Waals surface area contributed by atoms with Crippen LogP contribution < -0.4 is 0 Å². The molecule has 2 aliphatic rings. The van der Waals surface area contributed by atoms with E-state index in [9.17, 15) is 13.6 Å². The van der Waals surface area contributed by atoms with Gasteiger partial charge in [0.2, 0.25) is 5.91 Å². The average molecular weight is 371 g/mol. The highest BCUT2D eigenvalue weighted by Gasteiger charge is 2.44. The van der Waals surface area contributed by atoms with Crippen molar-refractivity contribution in [3.8, 4) is 11.1 Å². The van der Waals surface area contributed by atoms with Gasteiger partial charge in [-0.1, -0.05) is 55.5 Å². The number of benzene rings is 2. The van der Waals surface area contributed by atoms with Crippen molar-refractivity contribution in [2.75, 3.05) is 6.54 Å². The Bertz CT molecular complexity index is 904. The summed E-state index contributed by atoms with van der Waals surface area (Å²) in [5.74, 6) is -1.78. The van der Waals surface area contributed by atoms with Crippen molar-refractivity contribution in [3.05, 3.63) is 71.8 Å². The number of hydrogen-bond acceptors (Lipinski definition) is 1. The standard InChI is InChI=1S/C22H20F3NO/c1-13-19(24)12-26(22(27)14-9-10-14)20(13)11-15-5-4-7-17(21(15)25)16-6-2-3-8-18(16)23/h2-10,13-14,19-20H,11-12H2,1H3/t13-,19-,20-/m0/s1. The zero-order valence-corrected chi connectivity index (χ0v) is 14.9. The Morgan fingerprint density at radius 2 is 1.78 bits per heavy atom. The third kappa shape index (κ3) is 3.27. The summed E-state index contributed by atoms with van der Waals surface area (Å²) in [6, 6.07) is 10.4. The second-order valence-corrected chi connectivity index (χ2v) is 7.31. The van der Waals surface area contributed by atoms with Gasteiger partial charge < -0.3 is 4.90 Å². The van der Waals surface area contributed by atoms with Gasteiger partial charge in [-0.25, -0.2) is 13.2 Å². The maximum Gasteiger partial charge on any atom is 0.233 e. The van der Waals surface area contributed by atoms with Crippen LogP contribution in [0.15, 0.2) is 54.6 Å². The van der Waals surface area contributed by atoms with Crippen molar-refractivity contribution in [2.24, 2.45) is 11.8 Å². The Kier molecular flexibility index (Phi) is 4.54. The van der Waals surface area contributed by atoms with Gasteiger partial charge in [-0.05, 0) is 18.1 Å². The van der Waals surface area contributed by atoms with Gasteiger partial charge in [0.1, 0.15) is 17.8 Å². The summed E-state index contributed by atoms with van der Waals surface area (Å²) in [6.07, 6.45) is 2.62. The monoisotopic (exact) mass is 371 g/mol. The normalized spacial score (nSPS) is 24.4. The molecular formula is C22H20F3NO. The highest BCUT2D eigenvalue weighted by molar-refractivity contribution is 5.86. The lowest BCUT2D eigenvalue weighted by Gasteiger charge is -2.27. The first-order valence-electron chi connectivity index (χ1n) is 9.12. The summed E-state index contributed by atoms with van der Waals surface area (Å²) in [4.78, 5) is 14.0. The van der Waals surface area contributed by atoms with Crippen molar-refractivity contribution >= 4 is 5.91 Å². The number of rotatable bonds is 4. The number of carbonyl (C=O) groups is 1. The molecule has 2 aromatic carbocycles. The number of carbonyl (C=O) groups excluding carboxylic acids is 1. The van der Waals surface area contributed by atoms with Crippen LogP contribution in [0.3, 0.4) is 0 Å². The topological polar surface area (TPSA) is 20.3 Å². The van der Waals surface area contributed by atoms with Gasteiger partial charge >= 0.3 is 0 Å². The fourth-order valence-corrected chi connectivity index (χ4v) is 3.83. The molecule has 0 aromatic heterocycles. The minimum absolute atomic E-state index is 0.0392.